The second kappa shape index (κ2) is 5.41. The Labute approximate surface area is 67.7 Å². The molecule has 0 heterocycles. The number of nitrogens with two attached hydrogens (primary N) is 1. The number of nitrogens with one attached hydrogen (secondary N) is 2. The van der Waals surface area contributed by atoms with E-state index in [-0.39, 0.29) is 0 Å². The van der Waals surface area contributed by atoms with Crippen LogP contribution >= 0.6 is 0 Å². The van der Waals surface area contributed by atoms with Gasteiger partial charge in [0.05, 0.1) is 11.4 Å². The zero-order chi connectivity index (χ0) is 8.69. The second-order valence-corrected chi connectivity index (χ2v) is 1.90. The number of allylic oxidation sites excluding steroid dienone is 2. The molecular formula is C8H15N3. The van der Waals surface area contributed by atoms with Crippen molar-refractivity contribution in [2.75, 3.05) is 14.1 Å². The molecule has 0 fully saturated rings. The minimum absolute atomic E-state index is 0.854. The minimum atomic E-state index is 0.854. The lowest BCUT2D eigenvalue weighted by Crippen LogP contribution is -2.18. The first kappa shape index (κ1) is 9.62. The summed E-state index contributed by atoms with van der Waals surface area (Å²) in [5.74, 6) is 0. The Bertz CT molecular complexity index is 180. The Hall–Kier alpha value is -1.38. The standard InChI is InChI=1S/C8H15N3/c1-4-5-7(10-2)8(6-9)11-3/h4-6,10-11H,1,9H2,2-3H3/b7-5+,8-6+. The maximum Gasteiger partial charge on any atom is 0.0730 e. The summed E-state index contributed by atoms with van der Waals surface area (Å²) in [6, 6.07) is 0. The Morgan fingerprint density at radius 2 is 1.82 bits per heavy atom. The molecule has 0 atom stereocenters. The van der Waals surface area contributed by atoms with Crippen molar-refractivity contribution in [3.8, 4) is 0 Å². The van der Waals surface area contributed by atoms with Crippen molar-refractivity contribution >= 4 is 0 Å². The van der Waals surface area contributed by atoms with Crippen LogP contribution in [0.15, 0.2) is 36.3 Å². The third kappa shape index (κ3) is 2.80. The third-order valence-corrected chi connectivity index (χ3v) is 1.28. The molecule has 0 saturated heterocycles. The van der Waals surface area contributed by atoms with Gasteiger partial charge in [-0.3, -0.25) is 0 Å². The van der Waals surface area contributed by atoms with Crippen LogP contribution in [0.5, 0.6) is 0 Å². The number of hydrogen-bond acceptors (Lipinski definition) is 3. The summed E-state index contributed by atoms with van der Waals surface area (Å²) in [6.07, 6.45) is 5.05. The van der Waals surface area contributed by atoms with E-state index in [1.807, 2.05) is 20.2 Å². The highest BCUT2D eigenvalue weighted by molar-refractivity contribution is 5.29. The zero-order valence-electron chi connectivity index (χ0n) is 7.02. The van der Waals surface area contributed by atoms with Gasteiger partial charge >= 0.3 is 0 Å². The molecule has 0 unspecified atom stereocenters. The maximum atomic E-state index is 5.35. The molecule has 0 aliphatic rings. The van der Waals surface area contributed by atoms with Crippen LogP contribution < -0.4 is 16.4 Å². The van der Waals surface area contributed by atoms with E-state index < -0.39 is 0 Å². The fourth-order valence-electron chi connectivity index (χ4n) is 0.733. The van der Waals surface area contributed by atoms with Gasteiger partial charge in [-0.15, -0.1) is 0 Å². The molecule has 0 radical (unpaired) electrons. The molecule has 0 spiro atoms. The smallest absolute Gasteiger partial charge is 0.0730 e. The van der Waals surface area contributed by atoms with E-state index in [0.29, 0.717) is 0 Å². The topological polar surface area (TPSA) is 50.1 Å². The highest BCUT2D eigenvalue weighted by Crippen LogP contribution is 1.99. The normalized spacial score (nSPS) is 12.5. The van der Waals surface area contributed by atoms with Gasteiger partial charge in [-0.05, 0) is 6.08 Å². The maximum absolute atomic E-state index is 5.35. The van der Waals surface area contributed by atoms with Crippen LogP contribution in [0.25, 0.3) is 0 Å². The molecule has 0 bridgehead atoms. The molecule has 0 aromatic rings. The molecular weight excluding hydrogens is 138 g/mol. The first-order valence-corrected chi connectivity index (χ1v) is 3.40. The summed E-state index contributed by atoms with van der Waals surface area (Å²) in [7, 11) is 3.64. The molecule has 3 nitrogen and oxygen atoms in total. The van der Waals surface area contributed by atoms with Crippen LogP contribution in [0, 0.1) is 0 Å². The molecule has 0 rings (SSSR count). The van der Waals surface area contributed by atoms with E-state index >= 15 is 0 Å². The lowest BCUT2D eigenvalue weighted by atomic mass is 10.3. The van der Waals surface area contributed by atoms with Crippen LogP contribution in [-0.2, 0) is 0 Å². The van der Waals surface area contributed by atoms with Crippen molar-refractivity contribution in [3.05, 3.63) is 36.3 Å². The SMILES string of the molecule is C=C/C=C(NC)\C(=C/N)NC. The van der Waals surface area contributed by atoms with Gasteiger partial charge in [0.15, 0.2) is 0 Å². The van der Waals surface area contributed by atoms with Gasteiger partial charge in [0.2, 0.25) is 0 Å². The molecule has 0 aromatic carbocycles. The zero-order valence-corrected chi connectivity index (χ0v) is 7.02. The van der Waals surface area contributed by atoms with Gasteiger partial charge in [0.25, 0.3) is 0 Å². The van der Waals surface area contributed by atoms with E-state index in [0.717, 1.165) is 11.4 Å². The first-order chi connectivity index (χ1) is 5.29. The van der Waals surface area contributed by atoms with Crippen LogP contribution in [0.1, 0.15) is 0 Å². The van der Waals surface area contributed by atoms with Crippen molar-refractivity contribution < 1.29 is 0 Å². The fraction of sp³-hybridized carbons (Fsp3) is 0.250. The van der Waals surface area contributed by atoms with Gasteiger partial charge in [0.1, 0.15) is 0 Å². The van der Waals surface area contributed by atoms with Gasteiger partial charge in [-0.2, -0.15) is 0 Å². The lowest BCUT2D eigenvalue weighted by Gasteiger charge is -2.09. The average molecular weight is 153 g/mol. The molecule has 0 amide bonds. The third-order valence-electron chi connectivity index (χ3n) is 1.28. The fourth-order valence-corrected chi connectivity index (χ4v) is 0.733. The lowest BCUT2D eigenvalue weighted by molar-refractivity contribution is 0.902. The summed E-state index contributed by atoms with van der Waals surface area (Å²) < 4.78 is 0. The summed E-state index contributed by atoms with van der Waals surface area (Å²) >= 11 is 0. The Morgan fingerprint density at radius 1 is 1.27 bits per heavy atom. The van der Waals surface area contributed by atoms with Crippen molar-refractivity contribution in [1.29, 1.82) is 0 Å². The van der Waals surface area contributed by atoms with E-state index in [1.54, 1.807) is 6.08 Å². The summed E-state index contributed by atoms with van der Waals surface area (Å²) in [6.45, 7) is 3.59. The number of likely N-dealkylation sites (N-methyl/N-ethyl adjacent to an activating group) is 2. The molecule has 0 aliphatic carbocycles. The van der Waals surface area contributed by atoms with Crippen LogP contribution in [0.2, 0.25) is 0 Å². The Kier molecular flexibility index (Phi) is 4.73. The summed E-state index contributed by atoms with van der Waals surface area (Å²) in [5.41, 5.74) is 7.13. The Morgan fingerprint density at radius 3 is 2.09 bits per heavy atom. The Balaban J connectivity index is 4.47. The molecule has 0 saturated carbocycles. The van der Waals surface area contributed by atoms with E-state index in [4.69, 9.17) is 5.73 Å². The molecule has 62 valence electrons. The monoisotopic (exact) mass is 153 g/mol. The summed E-state index contributed by atoms with van der Waals surface area (Å²) in [5, 5.41) is 5.93. The highest BCUT2D eigenvalue weighted by Gasteiger charge is 1.96. The predicted molar refractivity (Wildman–Crippen MR) is 48.7 cm³/mol. The molecule has 11 heavy (non-hydrogen) atoms. The van der Waals surface area contributed by atoms with Gasteiger partial charge in [-0.1, -0.05) is 12.7 Å². The summed E-state index contributed by atoms with van der Waals surface area (Å²) in [4.78, 5) is 0. The van der Waals surface area contributed by atoms with Gasteiger partial charge < -0.3 is 16.4 Å². The average Bonchev–Trinajstić information content (AvgIpc) is 2.05. The van der Waals surface area contributed by atoms with E-state index in [1.165, 1.54) is 6.20 Å². The second-order valence-electron chi connectivity index (χ2n) is 1.90. The number of hydrogen-bond donors (Lipinski definition) is 3. The predicted octanol–water partition coefficient (Wildman–Crippen LogP) is 0.295. The van der Waals surface area contributed by atoms with E-state index in [2.05, 4.69) is 17.2 Å². The molecule has 4 N–H and O–H groups in total. The molecule has 0 aliphatic heterocycles. The van der Waals surface area contributed by atoms with Crippen molar-refractivity contribution in [2.24, 2.45) is 5.73 Å². The molecule has 0 aromatic heterocycles. The minimum Gasteiger partial charge on any atom is -0.403 e. The van der Waals surface area contributed by atoms with Gasteiger partial charge in [0, 0.05) is 20.3 Å². The first-order valence-electron chi connectivity index (χ1n) is 3.40. The van der Waals surface area contributed by atoms with Crippen LogP contribution in [0.4, 0.5) is 0 Å². The van der Waals surface area contributed by atoms with Gasteiger partial charge in [-0.25, -0.2) is 0 Å². The van der Waals surface area contributed by atoms with Crippen LogP contribution in [-0.4, -0.2) is 14.1 Å². The van der Waals surface area contributed by atoms with Crippen molar-refractivity contribution in [3.63, 3.8) is 0 Å². The van der Waals surface area contributed by atoms with E-state index in [9.17, 15) is 0 Å². The van der Waals surface area contributed by atoms with Crippen LogP contribution in [0.3, 0.4) is 0 Å². The highest BCUT2D eigenvalue weighted by atomic mass is 14.9. The van der Waals surface area contributed by atoms with Crippen molar-refractivity contribution in [2.45, 2.75) is 0 Å². The van der Waals surface area contributed by atoms with Crippen molar-refractivity contribution in [1.82, 2.24) is 10.6 Å². The quantitative estimate of drug-likeness (QED) is 0.509. The number of rotatable bonds is 4. The largest absolute Gasteiger partial charge is 0.403 e. The molecule has 3 heteroatoms.